The zero-order chi connectivity index (χ0) is 21.3. The number of para-hydroxylation sites is 1. The number of anilines is 1. The summed E-state index contributed by atoms with van der Waals surface area (Å²) in [6.45, 7) is 0. The molecule has 1 N–H and O–H groups in total. The monoisotopic (exact) mass is 403 g/mol. The Kier molecular flexibility index (Phi) is 5.06. The Bertz CT molecular complexity index is 1140. The normalized spacial score (nSPS) is 17.9. The Morgan fingerprint density at radius 2 is 1.57 bits per heavy atom. The number of methoxy groups -OCH3 is 1. The summed E-state index contributed by atoms with van der Waals surface area (Å²) in [4.78, 5) is 27.1. The van der Waals surface area contributed by atoms with Crippen LogP contribution in [0.3, 0.4) is 0 Å². The maximum absolute atomic E-state index is 14.8. The quantitative estimate of drug-likeness (QED) is 0.397. The second kappa shape index (κ2) is 7.83. The standard InChI is InChI=1S/C24H18FNO4/c1-30-17-13-11-15(12-14-17)22(27)20-21(18-9-5-6-10-19(18)25)26(24(29)23(20)28)16-7-3-2-4-8-16/h2-14,21,27H,1H3/b22-20-. The van der Waals surface area contributed by atoms with Crippen molar-refractivity contribution in [2.75, 3.05) is 12.0 Å². The number of nitrogens with zero attached hydrogens (tertiary/aromatic N) is 1. The number of rotatable bonds is 4. The molecule has 1 aliphatic rings. The summed E-state index contributed by atoms with van der Waals surface area (Å²) in [7, 11) is 1.51. The average molecular weight is 403 g/mol. The molecule has 30 heavy (non-hydrogen) atoms. The largest absolute Gasteiger partial charge is 0.507 e. The smallest absolute Gasteiger partial charge is 0.300 e. The third-order valence-electron chi connectivity index (χ3n) is 5.04. The van der Waals surface area contributed by atoms with E-state index in [1.165, 1.54) is 30.2 Å². The van der Waals surface area contributed by atoms with E-state index in [-0.39, 0.29) is 16.9 Å². The molecule has 1 fully saturated rings. The Balaban J connectivity index is 1.94. The second-order valence-corrected chi connectivity index (χ2v) is 6.75. The van der Waals surface area contributed by atoms with Crippen LogP contribution in [0.15, 0.2) is 84.4 Å². The first kappa shape index (κ1) is 19.4. The number of amides is 1. The fourth-order valence-corrected chi connectivity index (χ4v) is 3.58. The summed E-state index contributed by atoms with van der Waals surface area (Å²) in [6.07, 6.45) is 0. The number of aliphatic hydroxyl groups is 1. The molecule has 150 valence electrons. The van der Waals surface area contributed by atoms with Crippen molar-refractivity contribution in [2.24, 2.45) is 0 Å². The van der Waals surface area contributed by atoms with Crippen molar-refractivity contribution in [1.29, 1.82) is 0 Å². The molecule has 4 rings (SSSR count). The number of Topliss-reactive ketones (excluding diaryl/α,β-unsaturated/α-hetero) is 1. The van der Waals surface area contributed by atoms with E-state index in [9.17, 15) is 19.1 Å². The predicted octanol–water partition coefficient (Wildman–Crippen LogP) is 4.46. The second-order valence-electron chi connectivity index (χ2n) is 6.75. The Morgan fingerprint density at radius 1 is 0.933 bits per heavy atom. The highest BCUT2D eigenvalue weighted by Gasteiger charge is 2.47. The molecule has 5 nitrogen and oxygen atoms in total. The summed E-state index contributed by atoms with van der Waals surface area (Å²) < 4.78 is 19.9. The van der Waals surface area contributed by atoms with Gasteiger partial charge in [-0.1, -0.05) is 36.4 Å². The van der Waals surface area contributed by atoms with Gasteiger partial charge in [0.15, 0.2) is 0 Å². The highest BCUT2D eigenvalue weighted by molar-refractivity contribution is 6.51. The Labute approximate surface area is 172 Å². The summed E-state index contributed by atoms with van der Waals surface area (Å²) >= 11 is 0. The molecule has 3 aromatic rings. The van der Waals surface area contributed by atoms with E-state index in [1.54, 1.807) is 60.7 Å². The van der Waals surface area contributed by atoms with Crippen molar-refractivity contribution < 1.29 is 23.8 Å². The summed E-state index contributed by atoms with van der Waals surface area (Å²) in [5.74, 6) is -2.08. The van der Waals surface area contributed by atoms with Crippen molar-refractivity contribution >= 4 is 23.1 Å². The minimum Gasteiger partial charge on any atom is -0.507 e. The van der Waals surface area contributed by atoms with Crippen LogP contribution in [0.2, 0.25) is 0 Å². The van der Waals surface area contributed by atoms with E-state index in [0.717, 1.165) is 0 Å². The number of aliphatic hydroxyl groups excluding tert-OH is 1. The van der Waals surface area contributed by atoms with Gasteiger partial charge in [-0.25, -0.2) is 4.39 Å². The molecule has 0 bridgehead atoms. The molecule has 0 aliphatic carbocycles. The van der Waals surface area contributed by atoms with Gasteiger partial charge in [0.05, 0.1) is 18.7 Å². The highest BCUT2D eigenvalue weighted by atomic mass is 19.1. The lowest BCUT2D eigenvalue weighted by molar-refractivity contribution is -0.132. The molecule has 1 heterocycles. The van der Waals surface area contributed by atoms with Gasteiger partial charge in [-0.3, -0.25) is 14.5 Å². The number of halogens is 1. The van der Waals surface area contributed by atoms with Crippen LogP contribution in [0, 0.1) is 5.82 Å². The molecule has 1 aliphatic heterocycles. The van der Waals surface area contributed by atoms with Gasteiger partial charge in [0, 0.05) is 16.8 Å². The zero-order valence-electron chi connectivity index (χ0n) is 16.1. The number of carbonyl (C=O) groups excluding carboxylic acids is 2. The van der Waals surface area contributed by atoms with Gasteiger partial charge in [-0.2, -0.15) is 0 Å². The minimum absolute atomic E-state index is 0.121. The van der Waals surface area contributed by atoms with Crippen LogP contribution in [0.4, 0.5) is 10.1 Å². The number of benzene rings is 3. The molecule has 6 heteroatoms. The molecule has 0 aromatic heterocycles. The molecular weight excluding hydrogens is 385 g/mol. The molecule has 0 radical (unpaired) electrons. The Hall–Kier alpha value is -3.93. The lowest BCUT2D eigenvalue weighted by Gasteiger charge is -2.25. The van der Waals surface area contributed by atoms with Crippen molar-refractivity contribution in [3.05, 3.63) is 101 Å². The van der Waals surface area contributed by atoms with Gasteiger partial charge in [-0.05, 0) is 42.5 Å². The van der Waals surface area contributed by atoms with E-state index in [4.69, 9.17) is 4.74 Å². The molecule has 3 aromatic carbocycles. The van der Waals surface area contributed by atoms with Crippen molar-refractivity contribution in [1.82, 2.24) is 0 Å². The van der Waals surface area contributed by atoms with Crippen LogP contribution in [0.1, 0.15) is 17.2 Å². The van der Waals surface area contributed by atoms with Gasteiger partial charge >= 0.3 is 0 Å². The molecule has 1 atom stereocenters. The van der Waals surface area contributed by atoms with Gasteiger partial charge in [0.1, 0.15) is 17.3 Å². The maximum Gasteiger partial charge on any atom is 0.300 e. The lowest BCUT2D eigenvalue weighted by Crippen LogP contribution is -2.29. The van der Waals surface area contributed by atoms with E-state index in [0.29, 0.717) is 17.0 Å². The summed E-state index contributed by atoms with van der Waals surface area (Å²) in [6, 6.07) is 19.7. The third-order valence-corrected chi connectivity index (χ3v) is 5.04. The third kappa shape index (κ3) is 3.22. The van der Waals surface area contributed by atoms with Crippen LogP contribution in [0.25, 0.3) is 5.76 Å². The summed E-state index contributed by atoms with van der Waals surface area (Å²) in [5.41, 5.74) is 0.708. The van der Waals surface area contributed by atoms with Gasteiger partial charge < -0.3 is 9.84 Å². The molecule has 1 saturated heterocycles. The minimum atomic E-state index is -1.10. The molecule has 1 unspecified atom stereocenters. The van der Waals surface area contributed by atoms with E-state index >= 15 is 0 Å². The van der Waals surface area contributed by atoms with Crippen LogP contribution < -0.4 is 9.64 Å². The van der Waals surface area contributed by atoms with Crippen molar-refractivity contribution in [2.45, 2.75) is 6.04 Å². The first-order chi connectivity index (χ1) is 14.5. The zero-order valence-corrected chi connectivity index (χ0v) is 16.1. The van der Waals surface area contributed by atoms with Crippen molar-refractivity contribution in [3.63, 3.8) is 0 Å². The number of hydrogen-bond acceptors (Lipinski definition) is 4. The fraction of sp³-hybridized carbons (Fsp3) is 0.0833. The van der Waals surface area contributed by atoms with Crippen LogP contribution in [-0.4, -0.2) is 23.9 Å². The predicted molar refractivity (Wildman–Crippen MR) is 111 cm³/mol. The lowest BCUT2D eigenvalue weighted by atomic mass is 9.94. The van der Waals surface area contributed by atoms with Gasteiger partial charge in [0.2, 0.25) is 0 Å². The molecular formula is C24H18FNO4. The number of ether oxygens (including phenoxy) is 1. The topological polar surface area (TPSA) is 66.8 Å². The van der Waals surface area contributed by atoms with Crippen LogP contribution >= 0.6 is 0 Å². The average Bonchev–Trinajstić information content (AvgIpc) is 3.04. The van der Waals surface area contributed by atoms with Gasteiger partial charge in [0.25, 0.3) is 11.7 Å². The van der Waals surface area contributed by atoms with E-state index < -0.39 is 23.5 Å². The van der Waals surface area contributed by atoms with Crippen LogP contribution in [0.5, 0.6) is 5.75 Å². The first-order valence-electron chi connectivity index (χ1n) is 9.28. The number of ketones is 1. The highest BCUT2D eigenvalue weighted by Crippen LogP contribution is 2.42. The number of carbonyl (C=O) groups is 2. The first-order valence-corrected chi connectivity index (χ1v) is 9.28. The molecule has 0 saturated carbocycles. The number of hydrogen-bond donors (Lipinski definition) is 1. The van der Waals surface area contributed by atoms with Gasteiger partial charge in [-0.15, -0.1) is 0 Å². The van der Waals surface area contributed by atoms with E-state index in [2.05, 4.69) is 0 Å². The summed E-state index contributed by atoms with van der Waals surface area (Å²) in [5, 5.41) is 11.0. The van der Waals surface area contributed by atoms with Crippen LogP contribution in [-0.2, 0) is 9.59 Å². The fourth-order valence-electron chi connectivity index (χ4n) is 3.58. The Morgan fingerprint density at radius 3 is 2.20 bits per heavy atom. The molecule has 1 amide bonds. The molecule has 0 spiro atoms. The maximum atomic E-state index is 14.8. The van der Waals surface area contributed by atoms with E-state index in [1.807, 2.05) is 0 Å². The van der Waals surface area contributed by atoms with Crippen molar-refractivity contribution in [3.8, 4) is 5.75 Å². The SMILES string of the molecule is COc1ccc(/C(O)=C2/C(=O)C(=O)N(c3ccccc3)C2c2ccccc2F)cc1.